The van der Waals surface area contributed by atoms with E-state index in [-0.39, 0.29) is 23.7 Å². The number of imide groups is 1. The number of carbonyl (C=O) groups is 2. The number of rotatable bonds is 3. The maximum atomic E-state index is 12.3. The Kier molecular flexibility index (Phi) is 3.88. The summed E-state index contributed by atoms with van der Waals surface area (Å²) in [6.07, 6.45) is 1.06. The van der Waals surface area contributed by atoms with E-state index in [1.807, 2.05) is 42.6 Å². The fourth-order valence-corrected chi connectivity index (χ4v) is 4.04. The molecule has 1 aromatic heterocycles. The molecule has 21 heavy (non-hydrogen) atoms. The second-order valence-electron chi connectivity index (χ2n) is 5.49. The third-order valence-electron chi connectivity index (χ3n) is 4.03. The molecule has 2 atom stereocenters. The molecule has 0 radical (unpaired) electrons. The van der Waals surface area contributed by atoms with Crippen LogP contribution in [0.2, 0.25) is 0 Å². The first-order valence-corrected chi connectivity index (χ1v) is 7.94. The molecule has 1 aliphatic rings. The zero-order valence-electron chi connectivity index (χ0n) is 11.8. The molecule has 0 aliphatic carbocycles. The number of thiophene rings is 1. The smallest absolute Gasteiger partial charge is 0.230 e. The zero-order chi connectivity index (χ0) is 14.8. The van der Waals surface area contributed by atoms with Crippen molar-refractivity contribution in [3.63, 3.8) is 0 Å². The quantitative estimate of drug-likeness (QED) is 0.885. The summed E-state index contributed by atoms with van der Waals surface area (Å²) < 4.78 is 0. The molecule has 1 fully saturated rings. The van der Waals surface area contributed by atoms with Crippen molar-refractivity contribution in [3.05, 3.63) is 57.8 Å². The number of aryl methyl sites for hydroxylation is 1. The Bertz CT molecular complexity index is 662. The zero-order valence-corrected chi connectivity index (χ0v) is 12.7. The molecule has 3 rings (SSSR count). The highest BCUT2D eigenvalue weighted by Crippen LogP contribution is 2.38. The van der Waals surface area contributed by atoms with Gasteiger partial charge in [0.2, 0.25) is 11.8 Å². The van der Waals surface area contributed by atoms with Gasteiger partial charge in [0, 0.05) is 17.2 Å². The summed E-state index contributed by atoms with van der Waals surface area (Å²) >= 11 is 1.64. The highest BCUT2D eigenvalue weighted by Gasteiger charge is 2.37. The van der Waals surface area contributed by atoms with E-state index in [0.717, 1.165) is 5.56 Å². The van der Waals surface area contributed by atoms with Crippen molar-refractivity contribution in [3.8, 4) is 0 Å². The van der Waals surface area contributed by atoms with Crippen LogP contribution in [0.3, 0.4) is 0 Å². The number of benzene rings is 1. The molecule has 2 heterocycles. The van der Waals surface area contributed by atoms with Crippen molar-refractivity contribution in [2.45, 2.75) is 25.7 Å². The van der Waals surface area contributed by atoms with Gasteiger partial charge in [-0.15, -0.1) is 11.3 Å². The second-order valence-corrected chi connectivity index (χ2v) is 6.43. The van der Waals surface area contributed by atoms with Gasteiger partial charge < -0.3 is 0 Å². The molecule has 0 spiro atoms. The lowest BCUT2D eigenvalue weighted by atomic mass is 9.79. The molecular formula is C17H17NO2S. The SMILES string of the molecule is Cc1ccsc1C1CC(=O)NC(=O)C1Cc1ccccc1. The molecule has 4 heteroatoms. The predicted octanol–water partition coefficient (Wildman–Crippen LogP) is 3.05. The average molecular weight is 299 g/mol. The number of amides is 2. The lowest BCUT2D eigenvalue weighted by Gasteiger charge is -2.30. The van der Waals surface area contributed by atoms with E-state index in [4.69, 9.17) is 0 Å². The summed E-state index contributed by atoms with van der Waals surface area (Å²) in [6, 6.07) is 12.0. The van der Waals surface area contributed by atoms with Gasteiger partial charge >= 0.3 is 0 Å². The van der Waals surface area contributed by atoms with Gasteiger partial charge in [0.15, 0.2) is 0 Å². The first-order chi connectivity index (χ1) is 10.1. The molecule has 2 unspecified atom stereocenters. The molecule has 108 valence electrons. The minimum atomic E-state index is -0.178. The summed E-state index contributed by atoms with van der Waals surface area (Å²) in [5.41, 5.74) is 2.30. The van der Waals surface area contributed by atoms with Crippen LogP contribution < -0.4 is 5.32 Å². The van der Waals surface area contributed by atoms with Crippen LogP contribution in [-0.4, -0.2) is 11.8 Å². The molecule has 1 aliphatic heterocycles. The first kappa shape index (κ1) is 14.0. The second kappa shape index (κ2) is 5.82. The molecule has 1 aromatic carbocycles. The molecule has 2 aromatic rings. The van der Waals surface area contributed by atoms with Crippen LogP contribution >= 0.6 is 11.3 Å². The average Bonchev–Trinajstić information content (AvgIpc) is 2.89. The highest BCUT2D eigenvalue weighted by molar-refractivity contribution is 7.10. The van der Waals surface area contributed by atoms with Crippen LogP contribution in [0.5, 0.6) is 0 Å². The fourth-order valence-electron chi connectivity index (χ4n) is 2.95. The van der Waals surface area contributed by atoms with Crippen molar-refractivity contribution in [1.29, 1.82) is 0 Å². The molecular weight excluding hydrogens is 282 g/mol. The highest BCUT2D eigenvalue weighted by atomic mass is 32.1. The molecule has 3 nitrogen and oxygen atoms in total. The van der Waals surface area contributed by atoms with Gasteiger partial charge in [-0.2, -0.15) is 0 Å². The molecule has 1 N–H and O–H groups in total. The fraction of sp³-hybridized carbons (Fsp3) is 0.294. The monoisotopic (exact) mass is 299 g/mol. The van der Waals surface area contributed by atoms with E-state index in [1.54, 1.807) is 11.3 Å². The van der Waals surface area contributed by atoms with Crippen molar-refractivity contribution >= 4 is 23.2 Å². The summed E-state index contributed by atoms with van der Waals surface area (Å²) in [5.74, 6) is -0.496. The number of hydrogen-bond donors (Lipinski definition) is 1. The van der Waals surface area contributed by atoms with Crippen LogP contribution in [0.25, 0.3) is 0 Å². The Hall–Kier alpha value is -1.94. The topological polar surface area (TPSA) is 46.2 Å². The van der Waals surface area contributed by atoms with Crippen molar-refractivity contribution in [2.24, 2.45) is 5.92 Å². The lowest BCUT2D eigenvalue weighted by molar-refractivity contribution is -0.137. The summed E-state index contributed by atoms with van der Waals surface area (Å²) in [5, 5.41) is 4.52. The van der Waals surface area contributed by atoms with Crippen LogP contribution in [-0.2, 0) is 16.0 Å². The minimum Gasteiger partial charge on any atom is -0.296 e. The van der Waals surface area contributed by atoms with Gasteiger partial charge in [0.05, 0.1) is 5.92 Å². The van der Waals surface area contributed by atoms with Gasteiger partial charge in [-0.3, -0.25) is 14.9 Å². The predicted molar refractivity (Wildman–Crippen MR) is 83.2 cm³/mol. The number of nitrogens with one attached hydrogen (secondary N) is 1. The number of hydrogen-bond acceptors (Lipinski definition) is 3. The van der Waals surface area contributed by atoms with E-state index in [1.165, 1.54) is 10.4 Å². The maximum Gasteiger partial charge on any atom is 0.230 e. The normalized spacial score (nSPS) is 22.1. The van der Waals surface area contributed by atoms with E-state index >= 15 is 0 Å². The van der Waals surface area contributed by atoms with Gasteiger partial charge in [-0.25, -0.2) is 0 Å². The molecule has 0 bridgehead atoms. The lowest BCUT2D eigenvalue weighted by Crippen LogP contribution is -2.45. The van der Waals surface area contributed by atoms with E-state index < -0.39 is 0 Å². The molecule has 1 saturated heterocycles. The van der Waals surface area contributed by atoms with Gasteiger partial charge in [0.1, 0.15) is 0 Å². The maximum absolute atomic E-state index is 12.3. The largest absolute Gasteiger partial charge is 0.296 e. The van der Waals surface area contributed by atoms with Crippen LogP contribution in [0, 0.1) is 12.8 Å². The van der Waals surface area contributed by atoms with Crippen LogP contribution in [0.1, 0.15) is 28.3 Å². The Balaban J connectivity index is 1.92. The van der Waals surface area contributed by atoms with Crippen LogP contribution in [0.4, 0.5) is 0 Å². The summed E-state index contributed by atoms with van der Waals surface area (Å²) in [6.45, 7) is 2.04. The number of piperidine rings is 1. The van der Waals surface area contributed by atoms with Gasteiger partial charge in [-0.05, 0) is 35.9 Å². The number of carbonyl (C=O) groups excluding carboxylic acids is 2. The van der Waals surface area contributed by atoms with Crippen molar-refractivity contribution < 1.29 is 9.59 Å². The Morgan fingerprint density at radius 3 is 2.62 bits per heavy atom. The molecule has 2 amide bonds. The van der Waals surface area contributed by atoms with E-state index in [0.29, 0.717) is 12.8 Å². The standard InChI is InChI=1S/C17H17NO2S/c1-11-7-8-21-16(11)13-10-15(19)18-17(20)14(13)9-12-5-3-2-4-6-12/h2-8,13-14H,9-10H2,1H3,(H,18,19,20). The third kappa shape index (κ3) is 2.90. The first-order valence-electron chi connectivity index (χ1n) is 7.07. The van der Waals surface area contributed by atoms with Crippen LogP contribution in [0.15, 0.2) is 41.8 Å². The Morgan fingerprint density at radius 1 is 1.19 bits per heavy atom. The van der Waals surface area contributed by atoms with Gasteiger partial charge in [-0.1, -0.05) is 30.3 Å². The van der Waals surface area contributed by atoms with E-state index in [9.17, 15) is 9.59 Å². The van der Waals surface area contributed by atoms with Gasteiger partial charge in [0.25, 0.3) is 0 Å². The molecule has 0 saturated carbocycles. The van der Waals surface area contributed by atoms with Crippen molar-refractivity contribution in [1.82, 2.24) is 5.32 Å². The Labute approximate surface area is 128 Å². The Morgan fingerprint density at radius 2 is 1.95 bits per heavy atom. The van der Waals surface area contributed by atoms with Crippen molar-refractivity contribution in [2.75, 3.05) is 0 Å². The minimum absolute atomic E-state index is 0.00791. The third-order valence-corrected chi connectivity index (χ3v) is 5.18. The summed E-state index contributed by atoms with van der Waals surface area (Å²) in [4.78, 5) is 25.2. The van der Waals surface area contributed by atoms with E-state index in [2.05, 4.69) is 11.4 Å². The summed E-state index contributed by atoms with van der Waals surface area (Å²) in [7, 11) is 0.